The van der Waals surface area contributed by atoms with Crippen molar-refractivity contribution < 1.29 is 9.26 Å². The third kappa shape index (κ3) is 3.37. The van der Waals surface area contributed by atoms with Crippen LogP contribution in [0, 0.1) is 20.8 Å². The lowest BCUT2D eigenvalue weighted by Gasteiger charge is -2.15. The summed E-state index contributed by atoms with van der Waals surface area (Å²) in [5.74, 6) is 2.53. The largest absolute Gasteiger partial charge is 0.455 e. The van der Waals surface area contributed by atoms with E-state index in [1.165, 1.54) is 0 Å². The van der Waals surface area contributed by atoms with Gasteiger partial charge in [0.05, 0.1) is 11.9 Å². The van der Waals surface area contributed by atoms with Crippen molar-refractivity contribution in [2.24, 2.45) is 0 Å². The fraction of sp³-hybridized carbons (Fsp3) is 0.211. The number of nitrogens with zero attached hydrogens (tertiary/aromatic N) is 1. The third-order valence-electron chi connectivity index (χ3n) is 3.83. The fourth-order valence-electron chi connectivity index (χ4n) is 2.45. The van der Waals surface area contributed by atoms with Crippen molar-refractivity contribution in [3.63, 3.8) is 0 Å². The van der Waals surface area contributed by atoms with E-state index in [0.717, 1.165) is 39.6 Å². The first-order valence-electron chi connectivity index (χ1n) is 7.62. The van der Waals surface area contributed by atoms with Gasteiger partial charge in [-0.15, -0.1) is 0 Å². The number of ether oxygens (including phenoxy) is 1. The summed E-state index contributed by atoms with van der Waals surface area (Å²) in [7, 11) is 0. The van der Waals surface area contributed by atoms with Crippen LogP contribution in [0.15, 0.2) is 53.2 Å². The Hall–Kier alpha value is -2.75. The van der Waals surface area contributed by atoms with Crippen molar-refractivity contribution in [3.05, 3.63) is 71.1 Å². The van der Waals surface area contributed by atoms with E-state index >= 15 is 0 Å². The first-order valence-corrected chi connectivity index (χ1v) is 7.62. The van der Waals surface area contributed by atoms with Gasteiger partial charge in [-0.25, -0.2) is 0 Å². The summed E-state index contributed by atoms with van der Waals surface area (Å²) in [5, 5.41) is 7.19. The van der Waals surface area contributed by atoms with E-state index in [2.05, 4.69) is 36.5 Å². The van der Waals surface area contributed by atoms with Gasteiger partial charge in [0, 0.05) is 12.1 Å². The van der Waals surface area contributed by atoms with Gasteiger partial charge in [-0.05, 0) is 44.0 Å². The number of benzene rings is 2. The molecule has 3 rings (SSSR count). The molecule has 0 radical (unpaired) electrons. The molecule has 0 aliphatic rings. The number of hydrogen-bond acceptors (Lipinski definition) is 4. The van der Waals surface area contributed by atoms with Crippen LogP contribution in [0.2, 0.25) is 0 Å². The molecule has 0 spiro atoms. The van der Waals surface area contributed by atoms with Crippen LogP contribution in [0.1, 0.15) is 22.5 Å². The predicted molar refractivity (Wildman–Crippen MR) is 91.0 cm³/mol. The van der Waals surface area contributed by atoms with E-state index in [9.17, 15) is 0 Å². The van der Waals surface area contributed by atoms with Crippen LogP contribution in [0.25, 0.3) is 0 Å². The molecule has 0 unspecified atom stereocenters. The lowest BCUT2D eigenvalue weighted by atomic mass is 10.1. The molecule has 2 aromatic carbocycles. The minimum absolute atomic E-state index is 0.641. The molecule has 0 amide bonds. The highest BCUT2D eigenvalue weighted by atomic mass is 16.5. The molecule has 1 N–H and O–H groups in total. The van der Waals surface area contributed by atoms with Gasteiger partial charge < -0.3 is 14.6 Å². The second-order valence-corrected chi connectivity index (χ2v) is 5.58. The summed E-state index contributed by atoms with van der Waals surface area (Å²) in [6.07, 6.45) is 1.73. The summed E-state index contributed by atoms with van der Waals surface area (Å²) in [6.45, 7) is 6.66. The van der Waals surface area contributed by atoms with Crippen molar-refractivity contribution in [1.29, 1.82) is 0 Å². The Morgan fingerprint density at radius 1 is 1.00 bits per heavy atom. The van der Waals surface area contributed by atoms with Crippen molar-refractivity contribution in [1.82, 2.24) is 5.16 Å². The van der Waals surface area contributed by atoms with E-state index in [1.807, 2.05) is 37.3 Å². The minimum atomic E-state index is 0.641. The van der Waals surface area contributed by atoms with Gasteiger partial charge in [0.25, 0.3) is 0 Å². The summed E-state index contributed by atoms with van der Waals surface area (Å²) in [6, 6.07) is 14.1. The molecule has 0 bridgehead atoms. The highest BCUT2D eigenvalue weighted by molar-refractivity contribution is 5.58. The van der Waals surface area contributed by atoms with Crippen molar-refractivity contribution >= 4 is 5.69 Å². The molecule has 0 aliphatic carbocycles. The zero-order valence-electron chi connectivity index (χ0n) is 13.6. The van der Waals surface area contributed by atoms with Gasteiger partial charge in [0.15, 0.2) is 5.75 Å². The number of para-hydroxylation sites is 3. The standard InChI is InChI=1S/C19H20N2O2/c1-13-7-6-8-14(2)19(13)22-18-10-5-4-9-17(18)20-11-16-12-21-23-15(16)3/h4-10,12,20H,11H2,1-3H3. The van der Waals surface area contributed by atoms with Gasteiger partial charge in [-0.1, -0.05) is 35.5 Å². The molecule has 0 fully saturated rings. The molecular weight excluding hydrogens is 288 g/mol. The summed E-state index contributed by atoms with van der Waals surface area (Å²) in [4.78, 5) is 0. The Kier molecular flexibility index (Phi) is 4.33. The van der Waals surface area contributed by atoms with E-state index in [-0.39, 0.29) is 0 Å². The van der Waals surface area contributed by atoms with Crippen LogP contribution >= 0.6 is 0 Å². The normalized spacial score (nSPS) is 10.6. The molecule has 118 valence electrons. The van der Waals surface area contributed by atoms with Gasteiger partial charge in [-0.2, -0.15) is 0 Å². The van der Waals surface area contributed by atoms with Crippen molar-refractivity contribution in [3.8, 4) is 11.5 Å². The number of nitrogens with one attached hydrogen (secondary N) is 1. The Labute approximate surface area is 136 Å². The van der Waals surface area contributed by atoms with E-state index in [4.69, 9.17) is 9.26 Å². The molecule has 0 atom stereocenters. The van der Waals surface area contributed by atoms with Crippen LogP contribution < -0.4 is 10.1 Å². The fourth-order valence-corrected chi connectivity index (χ4v) is 2.45. The quantitative estimate of drug-likeness (QED) is 0.720. The Balaban J connectivity index is 1.82. The zero-order chi connectivity index (χ0) is 16.2. The van der Waals surface area contributed by atoms with Crippen LogP contribution in [0.3, 0.4) is 0 Å². The maximum atomic E-state index is 6.17. The molecular formula is C19H20N2O2. The molecule has 23 heavy (non-hydrogen) atoms. The number of rotatable bonds is 5. The second kappa shape index (κ2) is 6.57. The molecule has 4 nitrogen and oxygen atoms in total. The van der Waals surface area contributed by atoms with Gasteiger partial charge >= 0.3 is 0 Å². The molecule has 0 saturated heterocycles. The van der Waals surface area contributed by atoms with Crippen LogP contribution in [0.5, 0.6) is 11.5 Å². The monoisotopic (exact) mass is 308 g/mol. The van der Waals surface area contributed by atoms with E-state index in [1.54, 1.807) is 6.20 Å². The second-order valence-electron chi connectivity index (χ2n) is 5.58. The van der Waals surface area contributed by atoms with Crippen molar-refractivity contribution in [2.75, 3.05) is 5.32 Å². The minimum Gasteiger partial charge on any atom is -0.455 e. The van der Waals surface area contributed by atoms with Crippen LogP contribution in [-0.4, -0.2) is 5.16 Å². The molecule has 1 aromatic heterocycles. The van der Waals surface area contributed by atoms with Gasteiger partial charge in [0.1, 0.15) is 11.5 Å². The Morgan fingerprint density at radius 2 is 1.74 bits per heavy atom. The lowest BCUT2D eigenvalue weighted by Crippen LogP contribution is -2.02. The number of anilines is 1. The van der Waals surface area contributed by atoms with Crippen LogP contribution in [-0.2, 0) is 6.54 Å². The predicted octanol–water partition coefficient (Wildman–Crippen LogP) is 5.00. The van der Waals surface area contributed by atoms with Gasteiger partial charge in [0.2, 0.25) is 0 Å². The molecule has 1 heterocycles. The molecule has 0 aliphatic heterocycles. The average Bonchev–Trinajstić information content (AvgIpc) is 2.95. The van der Waals surface area contributed by atoms with Crippen LogP contribution in [0.4, 0.5) is 5.69 Å². The maximum absolute atomic E-state index is 6.17. The summed E-state index contributed by atoms with van der Waals surface area (Å²) >= 11 is 0. The first kappa shape index (κ1) is 15.2. The Bertz CT molecular complexity index is 788. The van der Waals surface area contributed by atoms with Crippen molar-refractivity contribution in [2.45, 2.75) is 27.3 Å². The molecule has 3 aromatic rings. The smallest absolute Gasteiger partial charge is 0.150 e. The highest BCUT2D eigenvalue weighted by Crippen LogP contribution is 2.33. The number of hydrogen-bond donors (Lipinski definition) is 1. The third-order valence-corrected chi connectivity index (χ3v) is 3.83. The maximum Gasteiger partial charge on any atom is 0.150 e. The van der Waals surface area contributed by atoms with Gasteiger partial charge in [-0.3, -0.25) is 0 Å². The Morgan fingerprint density at radius 3 is 2.43 bits per heavy atom. The molecule has 4 heteroatoms. The number of aromatic nitrogens is 1. The SMILES string of the molecule is Cc1cccc(C)c1Oc1ccccc1NCc1cnoc1C. The average molecular weight is 308 g/mol. The summed E-state index contributed by atoms with van der Waals surface area (Å²) < 4.78 is 11.3. The van der Waals surface area contributed by atoms with E-state index < -0.39 is 0 Å². The topological polar surface area (TPSA) is 47.3 Å². The lowest BCUT2D eigenvalue weighted by molar-refractivity contribution is 0.396. The zero-order valence-corrected chi connectivity index (χ0v) is 13.6. The number of aryl methyl sites for hydroxylation is 3. The summed E-state index contributed by atoms with van der Waals surface area (Å²) in [5.41, 5.74) is 4.21. The first-order chi connectivity index (χ1) is 11.1. The van der Waals surface area contributed by atoms with E-state index in [0.29, 0.717) is 6.54 Å². The highest BCUT2D eigenvalue weighted by Gasteiger charge is 2.09. The molecule has 0 saturated carbocycles.